The lowest BCUT2D eigenvalue weighted by molar-refractivity contribution is 0.0718. The van der Waals surface area contributed by atoms with Gasteiger partial charge in [-0.1, -0.05) is 18.9 Å². The number of nitrogens with zero attached hydrogens (tertiary/aromatic N) is 5. The van der Waals surface area contributed by atoms with Gasteiger partial charge in [0.2, 0.25) is 0 Å². The highest BCUT2D eigenvalue weighted by Crippen LogP contribution is 2.23. The average Bonchev–Trinajstić information content (AvgIpc) is 3.40. The lowest BCUT2D eigenvalue weighted by Crippen LogP contribution is -2.45. The van der Waals surface area contributed by atoms with E-state index < -0.39 is 6.10 Å². The molecule has 0 aliphatic heterocycles. The van der Waals surface area contributed by atoms with Gasteiger partial charge in [-0.05, 0) is 36.6 Å². The number of amides is 1. The van der Waals surface area contributed by atoms with E-state index in [9.17, 15) is 9.90 Å². The molecule has 1 fully saturated rings. The predicted molar refractivity (Wildman–Crippen MR) is 121 cm³/mol. The van der Waals surface area contributed by atoms with Crippen LogP contribution in [0.25, 0.3) is 22.3 Å². The topological polar surface area (TPSA) is 97.9 Å². The van der Waals surface area contributed by atoms with Gasteiger partial charge in [0.05, 0.1) is 35.1 Å². The van der Waals surface area contributed by atoms with Crippen molar-refractivity contribution in [3.05, 3.63) is 66.4 Å². The summed E-state index contributed by atoms with van der Waals surface area (Å²) >= 11 is 0. The third kappa shape index (κ3) is 4.01. The number of hydrogen-bond donors (Lipinski definition) is 2. The minimum atomic E-state index is -0.488. The van der Waals surface area contributed by atoms with E-state index in [2.05, 4.69) is 20.4 Å². The highest BCUT2D eigenvalue weighted by atomic mass is 16.3. The van der Waals surface area contributed by atoms with Gasteiger partial charge in [-0.15, -0.1) is 0 Å². The Morgan fingerprint density at radius 2 is 2.03 bits per heavy atom. The first-order valence-corrected chi connectivity index (χ1v) is 11.0. The summed E-state index contributed by atoms with van der Waals surface area (Å²) in [7, 11) is 1.88. The molecule has 0 unspecified atom stereocenters. The first kappa shape index (κ1) is 20.4. The molecule has 0 aromatic carbocycles. The molecule has 164 valence electrons. The van der Waals surface area contributed by atoms with Gasteiger partial charge < -0.3 is 15.0 Å². The summed E-state index contributed by atoms with van der Waals surface area (Å²) in [6.07, 6.45) is 12.2. The van der Waals surface area contributed by atoms with Crippen LogP contribution in [-0.2, 0) is 13.6 Å². The molecule has 1 aliphatic carbocycles. The summed E-state index contributed by atoms with van der Waals surface area (Å²) in [5, 5.41) is 17.5. The number of pyridine rings is 2. The Morgan fingerprint density at radius 1 is 1.16 bits per heavy atom. The van der Waals surface area contributed by atoms with Gasteiger partial charge in [-0.3, -0.25) is 19.4 Å². The Hall–Kier alpha value is -3.52. The summed E-state index contributed by atoms with van der Waals surface area (Å²) in [6, 6.07) is 7.65. The SMILES string of the molecule is Cn1cc(-c2ccc(Cn3cc(C(=O)N[C@H]4CCCC[C@@H]4O)c4ncccc43)cn2)cn1. The number of aliphatic hydroxyl groups is 1. The van der Waals surface area contributed by atoms with E-state index in [1.165, 1.54) is 0 Å². The number of hydrogen-bond acceptors (Lipinski definition) is 5. The monoisotopic (exact) mass is 430 g/mol. The molecular formula is C24H26N6O2. The number of fused-ring (bicyclic) bond motifs is 1. The van der Waals surface area contributed by atoms with Crippen molar-refractivity contribution < 1.29 is 9.90 Å². The fourth-order valence-electron chi connectivity index (χ4n) is 4.38. The van der Waals surface area contributed by atoms with Crippen LogP contribution >= 0.6 is 0 Å². The van der Waals surface area contributed by atoms with Crippen molar-refractivity contribution >= 4 is 16.9 Å². The smallest absolute Gasteiger partial charge is 0.255 e. The van der Waals surface area contributed by atoms with Crippen LogP contribution < -0.4 is 5.32 Å². The number of aromatic nitrogens is 5. The van der Waals surface area contributed by atoms with Gasteiger partial charge in [0.15, 0.2) is 0 Å². The molecule has 2 N–H and O–H groups in total. The van der Waals surface area contributed by atoms with Gasteiger partial charge in [0, 0.05) is 43.9 Å². The first-order valence-electron chi connectivity index (χ1n) is 11.0. The van der Waals surface area contributed by atoms with Gasteiger partial charge in [-0.2, -0.15) is 5.10 Å². The minimum absolute atomic E-state index is 0.191. The van der Waals surface area contributed by atoms with Crippen molar-refractivity contribution in [1.82, 2.24) is 29.6 Å². The third-order valence-electron chi connectivity index (χ3n) is 6.10. The molecule has 0 bridgehead atoms. The van der Waals surface area contributed by atoms with Crippen molar-refractivity contribution in [2.45, 2.75) is 44.4 Å². The molecule has 32 heavy (non-hydrogen) atoms. The van der Waals surface area contributed by atoms with Crippen LogP contribution in [0.3, 0.4) is 0 Å². The van der Waals surface area contributed by atoms with Crippen LogP contribution in [0, 0.1) is 0 Å². The van der Waals surface area contributed by atoms with E-state index in [1.807, 2.05) is 54.5 Å². The van der Waals surface area contributed by atoms with E-state index in [1.54, 1.807) is 17.1 Å². The second kappa shape index (κ2) is 8.55. The van der Waals surface area contributed by atoms with E-state index in [0.29, 0.717) is 17.6 Å². The highest BCUT2D eigenvalue weighted by molar-refractivity contribution is 6.05. The summed E-state index contributed by atoms with van der Waals surface area (Å²) in [5.74, 6) is -0.191. The summed E-state index contributed by atoms with van der Waals surface area (Å²) < 4.78 is 3.78. The molecule has 4 aromatic heterocycles. The summed E-state index contributed by atoms with van der Waals surface area (Å²) in [5.41, 5.74) is 4.94. The zero-order chi connectivity index (χ0) is 22.1. The highest BCUT2D eigenvalue weighted by Gasteiger charge is 2.26. The number of carbonyl (C=O) groups is 1. The number of carbonyl (C=O) groups excluding carboxylic acids is 1. The van der Waals surface area contributed by atoms with E-state index >= 15 is 0 Å². The maximum atomic E-state index is 13.0. The number of rotatable bonds is 5. The molecule has 8 heteroatoms. The van der Waals surface area contributed by atoms with Crippen molar-refractivity contribution in [3.63, 3.8) is 0 Å². The maximum absolute atomic E-state index is 13.0. The fourth-order valence-corrected chi connectivity index (χ4v) is 4.38. The molecule has 0 spiro atoms. The Bertz CT molecular complexity index is 1240. The molecule has 4 heterocycles. The second-order valence-corrected chi connectivity index (χ2v) is 8.43. The molecule has 1 saturated carbocycles. The summed E-state index contributed by atoms with van der Waals surface area (Å²) in [4.78, 5) is 22.1. The number of nitrogens with one attached hydrogen (secondary N) is 1. The van der Waals surface area contributed by atoms with E-state index in [-0.39, 0.29) is 11.9 Å². The van der Waals surface area contributed by atoms with Crippen LogP contribution in [0.1, 0.15) is 41.6 Å². The van der Waals surface area contributed by atoms with Gasteiger partial charge in [0.1, 0.15) is 5.52 Å². The van der Waals surface area contributed by atoms with Gasteiger partial charge in [-0.25, -0.2) is 0 Å². The Morgan fingerprint density at radius 3 is 2.78 bits per heavy atom. The zero-order valence-electron chi connectivity index (χ0n) is 18.0. The van der Waals surface area contributed by atoms with Crippen molar-refractivity contribution in [2.75, 3.05) is 0 Å². The molecule has 5 rings (SSSR count). The number of aliphatic hydroxyl groups excluding tert-OH is 1. The molecule has 1 aliphatic rings. The molecule has 4 aromatic rings. The van der Waals surface area contributed by atoms with Crippen LogP contribution in [0.2, 0.25) is 0 Å². The molecule has 0 radical (unpaired) electrons. The van der Waals surface area contributed by atoms with Crippen molar-refractivity contribution in [1.29, 1.82) is 0 Å². The van der Waals surface area contributed by atoms with Crippen LogP contribution in [0.5, 0.6) is 0 Å². The van der Waals surface area contributed by atoms with E-state index in [4.69, 9.17) is 0 Å². The van der Waals surface area contributed by atoms with Crippen LogP contribution in [0.15, 0.2) is 55.2 Å². The molecule has 0 saturated heterocycles. The van der Waals surface area contributed by atoms with Crippen molar-refractivity contribution in [3.8, 4) is 11.3 Å². The Labute approximate surface area is 185 Å². The fraction of sp³-hybridized carbons (Fsp3) is 0.333. The van der Waals surface area contributed by atoms with E-state index in [0.717, 1.165) is 48.0 Å². The predicted octanol–water partition coefficient (Wildman–Crippen LogP) is 2.91. The minimum Gasteiger partial charge on any atom is -0.391 e. The molecule has 1 amide bonds. The molecule has 2 atom stereocenters. The third-order valence-corrected chi connectivity index (χ3v) is 6.10. The largest absolute Gasteiger partial charge is 0.391 e. The van der Waals surface area contributed by atoms with Crippen LogP contribution in [-0.4, -0.2) is 47.5 Å². The standard InChI is InChI=1S/C24H26N6O2/c1-29-14-17(12-27-29)19-9-8-16(11-26-19)13-30-15-18(23-21(30)6-4-10-25-23)24(32)28-20-5-2-3-7-22(20)31/h4,6,8-12,14-15,20,22,31H,2-3,5,7,13H2,1H3,(H,28,32)/t20-,22-/m0/s1. The Balaban J connectivity index is 1.39. The molecular weight excluding hydrogens is 404 g/mol. The molecule has 8 nitrogen and oxygen atoms in total. The van der Waals surface area contributed by atoms with Gasteiger partial charge >= 0.3 is 0 Å². The lowest BCUT2D eigenvalue weighted by atomic mass is 9.92. The first-order chi connectivity index (χ1) is 15.6. The van der Waals surface area contributed by atoms with Gasteiger partial charge in [0.25, 0.3) is 5.91 Å². The quantitative estimate of drug-likeness (QED) is 0.507. The van der Waals surface area contributed by atoms with Crippen molar-refractivity contribution in [2.24, 2.45) is 7.05 Å². The van der Waals surface area contributed by atoms with Crippen LogP contribution in [0.4, 0.5) is 0 Å². The summed E-state index contributed by atoms with van der Waals surface area (Å²) in [6.45, 7) is 0.571. The average molecular weight is 431 g/mol. The Kier molecular flexibility index (Phi) is 5.45. The normalized spacial score (nSPS) is 18.7. The lowest BCUT2D eigenvalue weighted by Gasteiger charge is -2.28. The number of aryl methyl sites for hydroxylation is 1. The second-order valence-electron chi connectivity index (χ2n) is 8.43. The maximum Gasteiger partial charge on any atom is 0.255 e. The zero-order valence-corrected chi connectivity index (χ0v) is 18.0.